The summed E-state index contributed by atoms with van der Waals surface area (Å²) in [4.78, 5) is 45.6. The highest BCUT2D eigenvalue weighted by atomic mass is 16.5. The van der Waals surface area contributed by atoms with Gasteiger partial charge in [0.15, 0.2) is 0 Å². The number of nitrogens with one attached hydrogen (secondary N) is 2. The molecular weight excluding hydrogens is 330 g/mol. The summed E-state index contributed by atoms with van der Waals surface area (Å²) in [5, 5.41) is 4.59. The van der Waals surface area contributed by atoms with Gasteiger partial charge in [0.05, 0.1) is 7.11 Å². The van der Waals surface area contributed by atoms with Crippen LogP contribution in [0.2, 0.25) is 0 Å². The van der Waals surface area contributed by atoms with Crippen LogP contribution in [0.4, 0.5) is 4.79 Å². The topological polar surface area (TPSA) is 137 Å². The molecule has 0 heterocycles. The van der Waals surface area contributed by atoms with Crippen molar-refractivity contribution in [2.24, 2.45) is 5.73 Å². The Bertz CT molecular complexity index is 605. The molecule has 0 unspecified atom stereocenters. The molecule has 1 aromatic carbocycles. The number of hydrogen-bond donors (Lipinski definition) is 3. The predicted molar refractivity (Wildman–Crippen MR) is 87.0 cm³/mol. The van der Waals surface area contributed by atoms with E-state index in [1.54, 1.807) is 12.1 Å². The summed E-state index contributed by atoms with van der Waals surface area (Å²) in [6.07, 6.45) is -0.840. The van der Waals surface area contributed by atoms with Crippen molar-refractivity contribution in [3.63, 3.8) is 0 Å². The fourth-order valence-corrected chi connectivity index (χ4v) is 1.82. The molecular formula is C16H21N3O6. The minimum absolute atomic E-state index is 0.00615. The molecule has 0 fully saturated rings. The minimum Gasteiger partial charge on any atom is -0.469 e. The number of esters is 1. The van der Waals surface area contributed by atoms with E-state index in [0.717, 1.165) is 5.56 Å². The molecule has 0 bridgehead atoms. The van der Waals surface area contributed by atoms with E-state index in [2.05, 4.69) is 15.4 Å². The van der Waals surface area contributed by atoms with Crippen LogP contribution in [0.15, 0.2) is 30.3 Å². The molecule has 0 aliphatic carbocycles. The second-order valence-electron chi connectivity index (χ2n) is 5.05. The smallest absolute Gasteiger partial charge is 0.407 e. The first-order valence-electron chi connectivity index (χ1n) is 7.52. The molecule has 0 spiro atoms. The predicted octanol–water partition coefficient (Wildman–Crippen LogP) is -0.164. The molecule has 0 aromatic heterocycles. The lowest BCUT2D eigenvalue weighted by molar-refractivity contribution is -0.141. The van der Waals surface area contributed by atoms with E-state index < -0.39 is 36.5 Å². The molecule has 0 saturated heterocycles. The van der Waals surface area contributed by atoms with Crippen molar-refractivity contribution >= 4 is 23.9 Å². The van der Waals surface area contributed by atoms with Gasteiger partial charge in [-0.25, -0.2) is 4.79 Å². The highest BCUT2D eigenvalue weighted by molar-refractivity contribution is 5.89. The third-order valence-corrected chi connectivity index (χ3v) is 3.15. The largest absolute Gasteiger partial charge is 0.469 e. The van der Waals surface area contributed by atoms with Crippen LogP contribution in [0.1, 0.15) is 18.4 Å². The maximum absolute atomic E-state index is 11.7. The first-order valence-corrected chi connectivity index (χ1v) is 7.52. The molecule has 9 heteroatoms. The number of hydrogen-bond acceptors (Lipinski definition) is 6. The SMILES string of the molecule is COC(=O)CC[C@@H](NC(=O)CNC(=O)OCc1ccccc1)C(N)=O. The quantitative estimate of drug-likeness (QED) is 0.529. The number of carbonyl (C=O) groups excluding carboxylic acids is 4. The first kappa shape index (κ1) is 19.9. The number of nitrogens with two attached hydrogens (primary N) is 1. The Kier molecular flexibility index (Phi) is 8.48. The molecule has 136 valence electrons. The summed E-state index contributed by atoms with van der Waals surface area (Å²) < 4.78 is 9.39. The van der Waals surface area contributed by atoms with Gasteiger partial charge in [-0.2, -0.15) is 0 Å². The molecule has 0 saturated carbocycles. The van der Waals surface area contributed by atoms with Crippen LogP contribution < -0.4 is 16.4 Å². The lowest BCUT2D eigenvalue weighted by Crippen LogP contribution is -2.48. The Balaban J connectivity index is 2.32. The van der Waals surface area contributed by atoms with Crippen molar-refractivity contribution in [3.8, 4) is 0 Å². The first-order chi connectivity index (χ1) is 11.9. The van der Waals surface area contributed by atoms with E-state index >= 15 is 0 Å². The van der Waals surface area contributed by atoms with Gasteiger partial charge < -0.3 is 25.8 Å². The Morgan fingerprint density at radius 2 is 1.84 bits per heavy atom. The number of benzene rings is 1. The van der Waals surface area contributed by atoms with Gasteiger partial charge >= 0.3 is 12.1 Å². The second-order valence-corrected chi connectivity index (χ2v) is 5.05. The molecule has 3 amide bonds. The Labute approximate surface area is 144 Å². The van der Waals surface area contributed by atoms with E-state index in [0.29, 0.717) is 0 Å². The van der Waals surface area contributed by atoms with Gasteiger partial charge in [-0.15, -0.1) is 0 Å². The molecule has 4 N–H and O–H groups in total. The fourth-order valence-electron chi connectivity index (χ4n) is 1.82. The van der Waals surface area contributed by atoms with Crippen LogP contribution in [0.5, 0.6) is 0 Å². The zero-order chi connectivity index (χ0) is 18.7. The van der Waals surface area contributed by atoms with Crippen LogP contribution in [-0.4, -0.2) is 43.6 Å². The van der Waals surface area contributed by atoms with Gasteiger partial charge in [-0.1, -0.05) is 30.3 Å². The molecule has 25 heavy (non-hydrogen) atoms. The van der Waals surface area contributed by atoms with Crippen LogP contribution in [0.3, 0.4) is 0 Å². The van der Waals surface area contributed by atoms with Crippen LogP contribution in [-0.2, 0) is 30.5 Å². The van der Waals surface area contributed by atoms with Crippen molar-refractivity contribution < 1.29 is 28.7 Å². The lowest BCUT2D eigenvalue weighted by Gasteiger charge is -2.15. The van der Waals surface area contributed by atoms with Crippen LogP contribution in [0.25, 0.3) is 0 Å². The number of ether oxygens (including phenoxy) is 2. The van der Waals surface area contributed by atoms with Crippen molar-refractivity contribution in [1.82, 2.24) is 10.6 Å². The number of methoxy groups -OCH3 is 1. The summed E-state index contributed by atoms with van der Waals surface area (Å²) in [5.41, 5.74) is 5.97. The molecule has 0 aliphatic heterocycles. The standard InChI is InChI=1S/C16H21N3O6/c1-24-14(21)8-7-12(15(17)22)19-13(20)9-18-16(23)25-10-11-5-3-2-4-6-11/h2-6,12H,7-10H2,1H3,(H2,17,22)(H,18,23)(H,19,20)/t12-/m1/s1. The van der Waals surface area contributed by atoms with E-state index in [1.807, 2.05) is 18.2 Å². The number of amides is 3. The van der Waals surface area contributed by atoms with Gasteiger partial charge in [0.2, 0.25) is 11.8 Å². The van der Waals surface area contributed by atoms with Crippen molar-refractivity contribution in [2.75, 3.05) is 13.7 Å². The summed E-state index contributed by atoms with van der Waals surface area (Å²) in [6, 6.07) is 8.00. The molecule has 1 atom stereocenters. The molecule has 0 aliphatic rings. The normalized spacial score (nSPS) is 11.1. The number of rotatable bonds is 9. The maximum atomic E-state index is 11.7. The van der Waals surface area contributed by atoms with Crippen molar-refractivity contribution in [3.05, 3.63) is 35.9 Å². The minimum atomic E-state index is -1.03. The summed E-state index contributed by atoms with van der Waals surface area (Å²) in [6.45, 7) is -0.326. The third-order valence-electron chi connectivity index (χ3n) is 3.15. The van der Waals surface area contributed by atoms with Gasteiger partial charge in [0.25, 0.3) is 0 Å². The summed E-state index contributed by atoms with van der Waals surface area (Å²) in [7, 11) is 1.21. The average Bonchev–Trinajstić information content (AvgIpc) is 2.61. The third kappa shape index (κ3) is 8.35. The Morgan fingerprint density at radius 1 is 1.16 bits per heavy atom. The molecule has 1 aromatic rings. The zero-order valence-corrected chi connectivity index (χ0v) is 13.8. The number of alkyl carbamates (subject to hydrolysis) is 1. The van der Waals surface area contributed by atoms with Gasteiger partial charge in [0.1, 0.15) is 19.2 Å². The highest BCUT2D eigenvalue weighted by Crippen LogP contribution is 2.01. The molecule has 1 rings (SSSR count). The van der Waals surface area contributed by atoms with Crippen LogP contribution in [0, 0.1) is 0 Å². The summed E-state index contributed by atoms with van der Waals surface area (Å²) >= 11 is 0. The Hall–Kier alpha value is -3.10. The number of carbonyl (C=O) groups is 4. The monoisotopic (exact) mass is 351 g/mol. The van der Waals surface area contributed by atoms with E-state index in [4.69, 9.17) is 10.5 Å². The van der Waals surface area contributed by atoms with E-state index in [9.17, 15) is 19.2 Å². The lowest BCUT2D eigenvalue weighted by atomic mass is 10.1. The van der Waals surface area contributed by atoms with Crippen molar-refractivity contribution in [2.45, 2.75) is 25.5 Å². The summed E-state index contributed by atoms with van der Waals surface area (Å²) in [5.74, 6) is -1.95. The van der Waals surface area contributed by atoms with Crippen LogP contribution >= 0.6 is 0 Å². The molecule has 9 nitrogen and oxygen atoms in total. The fraction of sp³-hybridized carbons (Fsp3) is 0.375. The average molecular weight is 351 g/mol. The Morgan fingerprint density at radius 3 is 2.44 bits per heavy atom. The number of primary amides is 1. The second kappa shape index (κ2) is 10.6. The zero-order valence-electron chi connectivity index (χ0n) is 13.8. The maximum Gasteiger partial charge on any atom is 0.407 e. The van der Waals surface area contributed by atoms with Gasteiger partial charge in [-0.05, 0) is 12.0 Å². The highest BCUT2D eigenvalue weighted by Gasteiger charge is 2.19. The van der Waals surface area contributed by atoms with E-state index in [-0.39, 0.29) is 19.4 Å². The van der Waals surface area contributed by atoms with E-state index in [1.165, 1.54) is 7.11 Å². The molecule has 0 radical (unpaired) electrons. The van der Waals surface area contributed by atoms with Gasteiger partial charge in [0, 0.05) is 6.42 Å². The van der Waals surface area contributed by atoms with Crippen molar-refractivity contribution in [1.29, 1.82) is 0 Å². The van der Waals surface area contributed by atoms with Gasteiger partial charge in [-0.3, -0.25) is 14.4 Å².